The van der Waals surface area contributed by atoms with Crippen molar-refractivity contribution >= 4 is 5.91 Å². The van der Waals surface area contributed by atoms with E-state index in [0.717, 1.165) is 25.2 Å². The largest absolute Gasteiger partial charge is 0.335 e. The van der Waals surface area contributed by atoms with Crippen molar-refractivity contribution in [3.05, 3.63) is 36.4 Å². The van der Waals surface area contributed by atoms with Crippen LogP contribution < -0.4 is 0 Å². The van der Waals surface area contributed by atoms with Crippen LogP contribution in [0, 0.1) is 5.41 Å². The van der Waals surface area contributed by atoms with Crippen molar-refractivity contribution < 1.29 is 4.79 Å². The maximum atomic E-state index is 12.8. The van der Waals surface area contributed by atoms with Crippen molar-refractivity contribution in [2.75, 3.05) is 13.1 Å². The number of nitrogens with zero attached hydrogens (tertiary/aromatic N) is 6. The normalized spacial score (nSPS) is 22.9. The Bertz CT molecular complexity index is 722. The minimum Gasteiger partial charge on any atom is -0.335 e. The average molecular weight is 326 g/mol. The van der Waals surface area contributed by atoms with Crippen LogP contribution >= 0.6 is 0 Å². The smallest absolute Gasteiger partial charge is 0.291 e. The SMILES string of the molecule is Cn1cnnc1C1CN(C(=O)c2ncccn2)CC12CCCCC2. The molecule has 3 heterocycles. The molecule has 1 saturated heterocycles. The summed E-state index contributed by atoms with van der Waals surface area (Å²) in [5, 5.41) is 8.41. The summed E-state index contributed by atoms with van der Waals surface area (Å²) < 4.78 is 1.99. The van der Waals surface area contributed by atoms with Crippen LogP contribution in [0.2, 0.25) is 0 Å². The summed E-state index contributed by atoms with van der Waals surface area (Å²) >= 11 is 0. The van der Waals surface area contributed by atoms with Gasteiger partial charge in [-0.3, -0.25) is 4.79 Å². The van der Waals surface area contributed by atoms with E-state index in [9.17, 15) is 4.79 Å². The molecule has 24 heavy (non-hydrogen) atoms. The number of hydrogen-bond donors (Lipinski definition) is 0. The Morgan fingerprint density at radius 2 is 1.96 bits per heavy atom. The summed E-state index contributed by atoms with van der Waals surface area (Å²) in [7, 11) is 1.98. The van der Waals surface area contributed by atoms with Gasteiger partial charge in [-0.1, -0.05) is 19.3 Å². The van der Waals surface area contributed by atoms with E-state index >= 15 is 0 Å². The third kappa shape index (κ3) is 2.48. The number of aromatic nitrogens is 5. The molecular weight excluding hydrogens is 304 g/mol. The summed E-state index contributed by atoms with van der Waals surface area (Å²) in [5.74, 6) is 1.42. The second-order valence-electron chi connectivity index (χ2n) is 7.03. The molecule has 1 atom stereocenters. The van der Waals surface area contributed by atoms with Crippen LogP contribution in [0.1, 0.15) is 54.5 Å². The average Bonchev–Trinajstić information content (AvgIpc) is 3.19. The van der Waals surface area contributed by atoms with Gasteiger partial charge in [-0.05, 0) is 24.3 Å². The maximum absolute atomic E-state index is 12.8. The highest BCUT2D eigenvalue weighted by Gasteiger charge is 2.50. The van der Waals surface area contributed by atoms with E-state index in [2.05, 4.69) is 20.2 Å². The number of carbonyl (C=O) groups excluding carboxylic acids is 1. The van der Waals surface area contributed by atoms with Crippen molar-refractivity contribution in [3.8, 4) is 0 Å². The summed E-state index contributed by atoms with van der Waals surface area (Å²) in [6.45, 7) is 1.44. The molecule has 0 aromatic carbocycles. The topological polar surface area (TPSA) is 76.8 Å². The Balaban J connectivity index is 1.66. The number of rotatable bonds is 2. The Hall–Kier alpha value is -2.31. The lowest BCUT2D eigenvalue weighted by molar-refractivity contribution is 0.0746. The molecule has 1 spiro atoms. The van der Waals surface area contributed by atoms with Gasteiger partial charge >= 0.3 is 0 Å². The van der Waals surface area contributed by atoms with Gasteiger partial charge in [-0.25, -0.2) is 9.97 Å². The van der Waals surface area contributed by atoms with E-state index in [0.29, 0.717) is 6.54 Å². The summed E-state index contributed by atoms with van der Waals surface area (Å²) in [6, 6.07) is 1.73. The fraction of sp³-hybridized carbons (Fsp3) is 0.588. The first kappa shape index (κ1) is 15.2. The molecule has 2 aromatic heterocycles. The van der Waals surface area contributed by atoms with E-state index in [1.165, 1.54) is 19.3 Å². The van der Waals surface area contributed by atoms with Gasteiger partial charge in [0.15, 0.2) is 0 Å². The van der Waals surface area contributed by atoms with Gasteiger partial charge in [0.1, 0.15) is 12.2 Å². The van der Waals surface area contributed by atoms with Crippen LogP contribution in [0.15, 0.2) is 24.8 Å². The molecule has 2 aliphatic rings. The molecule has 1 saturated carbocycles. The van der Waals surface area contributed by atoms with Gasteiger partial charge in [0.2, 0.25) is 5.82 Å². The van der Waals surface area contributed by atoms with Crippen molar-refractivity contribution in [2.45, 2.75) is 38.0 Å². The summed E-state index contributed by atoms with van der Waals surface area (Å²) in [6.07, 6.45) is 11.0. The number of carbonyl (C=O) groups is 1. The summed E-state index contributed by atoms with van der Waals surface area (Å²) in [5.41, 5.74) is 0.115. The Labute approximate surface area is 141 Å². The predicted molar refractivity (Wildman–Crippen MR) is 87.2 cm³/mol. The summed E-state index contributed by atoms with van der Waals surface area (Å²) in [4.78, 5) is 23.0. The number of likely N-dealkylation sites (tertiary alicyclic amines) is 1. The van der Waals surface area contributed by atoms with E-state index in [1.807, 2.05) is 16.5 Å². The fourth-order valence-corrected chi connectivity index (χ4v) is 4.40. The molecule has 0 bridgehead atoms. The van der Waals surface area contributed by atoms with Gasteiger partial charge < -0.3 is 9.47 Å². The first-order chi connectivity index (χ1) is 11.7. The third-order valence-corrected chi connectivity index (χ3v) is 5.60. The molecule has 0 N–H and O–H groups in total. The molecule has 0 radical (unpaired) electrons. The van der Waals surface area contributed by atoms with Crippen LogP contribution in [0.3, 0.4) is 0 Å². The molecule has 7 heteroatoms. The van der Waals surface area contributed by atoms with Crippen LogP contribution in [-0.4, -0.2) is 48.6 Å². The van der Waals surface area contributed by atoms with Crippen molar-refractivity contribution in [1.82, 2.24) is 29.6 Å². The van der Waals surface area contributed by atoms with Crippen LogP contribution in [0.5, 0.6) is 0 Å². The first-order valence-electron chi connectivity index (χ1n) is 8.60. The highest BCUT2D eigenvalue weighted by Crippen LogP contribution is 2.51. The molecule has 1 unspecified atom stereocenters. The van der Waals surface area contributed by atoms with E-state index in [4.69, 9.17) is 0 Å². The zero-order valence-electron chi connectivity index (χ0n) is 13.9. The number of aryl methyl sites for hydroxylation is 1. The lowest BCUT2D eigenvalue weighted by atomic mass is 9.67. The lowest BCUT2D eigenvalue weighted by Gasteiger charge is -2.37. The molecule has 1 aliphatic carbocycles. The van der Waals surface area contributed by atoms with Crippen molar-refractivity contribution in [3.63, 3.8) is 0 Å². The van der Waals surface area contributed by atoms with Crippen molar-refractivity contribution in [2.24, 2.45) is 12.5 Å². The maximum Gasteiger partial charge on any atom is 0.291 e. The second-order valence-corrected chi connectivity index (χ2v) is 7.03. The van der Waals surface area contributed by atoms with E-state index < -0.39 is 0 Å². The second kappa shape index (κ2) is 5.96. The Morgan fingerprint density at radius 3 is 2.62 bits per heavy atom. The molecule has 1 aliphatic heterocycles. The number of hydrogen-bond acceptors (Lipinski definition) is 5. The van der Waals surface area contributed by atoms with Gasteiger partial charge in [0.25, 0.3) is 5.91 Å². The van der Waals surface area contributed by atoms with Gasteiger partial charge in [-0.2, -0.15) is 0 Å². The zero-order valence-corrected chi connectivity index (χ0v) is 13.9. The highest BCUT2D eigenvalue weighted by atomic mass is 16.2. The van der Waals surface area contributed by atoms with Crippen molar-refractivity contribution in [1.29, 1.82) is 0 Å². The van der Waals surface area contributed by atoms with Gasteiger partial charge in [0, 0.05) is 38.4 Å². The standard InChI is InChI=1S/C17H22N6O/c1-22-12-20-21-15(22)13-10-23(11-17(13)6-3-2-4-7-17)16(24)14-18-8-5-9-19-14/h5,8-9,12-13H,2-4,6-7,10-11H2,1H3. The lowest BCUT2D eigenvalue weighted by Crippen LogP contribution is -2.35. The fourth-order valence-electron chi connectivity index (χ4n) is 4.40. The monoisotopic (exact) mass is 326 g/mol. The minimum absolute atomic E-state index is 0.0785. The molecule has 4 rings (SSSR count). The van der Waals surface area contributed by atoms with Crippen LogP contribution in [0.4, 0.5) is 0 Å². The predicted octanol–water partition coefficient (Wildman–Crippen LogP) is 1.80. The van der Waals surface area contributed by atoms with E-state index in [1.54, 1.807) is 24.8 Å². The Morgan fingerprint density at radius 1 is 1.21 bits per heavy atom. The van der Waals surface area contributed by atoms with Gasteiger partial charge in [-0.15, -0.1) is 10.2 Å². The minimum atomic E-state index is -0.0785. The van der Waals surface area contributed by atoms with Crippen LogP contribution in [-0.2, 0) is 7.05 Å². The molecule has 2 aromatic rings. The number of amides is 1. The van der Waals surface area contributed by atoms with Gasteiger partial charge in [0.05, 0.1) is 0 Å². The molecule has 7 nitrogen and oxygen atoms in total. The zero-order chi connectivity index (χ0) is 16.6. The molecular formula is C17H22N6O. The Kier molecular flexibility index (Phi) is 3.78. The quantitative estimate of drug-likeness (QED) is 0.841. The highest BCUT2D eigenvalue weighted by molar-refractivity contribution is 5.90. The molecule has 1 amide bonds. The first-order valence-corrected chi connectivity index (χ1v) is 8.60. The molecule has 126 valence electrons. The van der Waals surface area contributed by atoms with Crippen LogP contribution in [0.25, 0.3) is 0 Å². The van der Waals surface area contributed by atoms with E-state index in [-0.39, 0.29) is 23.1 Å². The molecule has 2 fully saturated rings. The third-order valence-electron chi connectivity index (χ3n) is 5.60.